The van der Waals surface area contributed by atoms with Crippen LogP contribution in [0.5, 0.6) is 5.75 Å². The summed E-state index contributed by atoms with van der Waals surface area (Å²) in [5.74, 6) is 0.890. The van der Waals surface area contributed by atoms with Crippen LogP contribution in [0.2, 0.25) is 0 Å². The molecule has 0 aliphatic carbocycles. The van der Waals surface area contributed by atoms with Crippen molar-refractivity contribution in [1.29, 1.82) is 0 Å². The zero-order valence-corrected chi connectivity index (χ0v) is 19.0. The van der Waals surface area contributed by atoms with E-state index < -0.39 is 5.54 Å². The third kappa shape index (κ3) is 4.50. The standard InChI is InChI=1S/C26H30N4O2/c1-20-8-4-12-24(28-20)26(25(31)29(2)3)13-7-15-30(26)18-21-9-5-11-23(16-21)32-19-22-10-6-14-27-17-22/h4-6,8-12,14,16-17H,7,13,15,18-19H2,1-3H3. The number of aryl methyl sites for hydroxylation is 1. The number of likely N-dealkylation sites (tertiary alicyclic amines) is 1. The summed E-state index contributed by atoms with van der Waals surface area (Å²) >= 11 is 0. The zero-order chi connectivity index (χ0) is 22.6. The highest BCUT2D eigenvalue weighted by atomic mass is 16.5. The van der Waals surface area contributed by atoms with Crippen molar-refractivity contribution in [1.82, 2.24) is 19.8 Å². The monoisotopic (exact) mass is 430 g/mol. The Morgan fingerprint density at radius 2 is 1.94 bits per heavy atom. The molecule has 1 aromatic carbocycles. The Morgan fingerprint density at radius 3 is 2.69 bits per heavy atom. The molecule has 1 aliphatic rings. The Labute approximate surface area is 189 Å². The molecular formula is C26H30N4O2. The van der Waals surface area contributed by atoms with E-state index in [4.69, 9.17) is 9.72 Å². The number of carbonyl (C=O) groups is 1. The number of hydrogen-bond donors (Lipinski definition) is 0. The van der Waals surface area contributed by atoms with E-state index in [9.17, 15) is 4.79 Å². The van der Waals surface area contributed by atoms with Gasteiger partial charge in [0.05, 0.1) is 5.69 Å². The van der Waals surface area contributed by atoms with Gasteiger partial charge in [-0.1, -0.05) is 24.3 Å². The lowest BCUT2D eigenvalue weighted by Gasteiger charge is -2.38. The summed E-state index contributed by atoms with van der Waals surface area (Å²) in [5, 5.41) is 0. The van der Waals surface area contributed by atoms with Gasteiger partial charge in [0.15, 0.2) is 0 Å². The minimum Gasteiger partial charge on any atom is -0.489 e. The number of carbonyl (C=O) groups excluding carboxylic acids is 1. The number of aromatic nitrogens is 2. The first-order valence-corrected chi connectivity index (χ1v) is 11.0. The smallest absolute Gasteiger partial charge is 0.248 e. The van der Waals surface area contributed by atoms with Crippen LogP contribution in [0.1, 0.15) is 35.4 Å². The summed E-state index contributed by atoms with van der Waals surface area (Å²) in [6.45, 7) is 3.94. The van der Waals surface area contributed by atoms with Crippen LogP contribution in [-0.2, 0) is 23.5 Å². The maximum absolute atomic E-state index is 13.5. The highest BCUT2D eigenvalue weighted by molar-refractivity contribution is 5.87. The van der Waals surface area contributed by atoms with E-state index in [1.165, 1.54) is 0 Å². The van der Waals surface area contributed by atoms with Gasteiger partial charge in [0.1, 0.15) is 17.9 Å². The number of benzene rings is 1. The molecular weight excluding hydrogens is 400 g/mol. The van der Waals surface area contributed by atoms with Gasteiger partial charge in [-0.15, -0.1) is 0 Å². The normalized spacial score (nSPS) is 18.5. The van der Waals surface area contributed by atoms with Crippen LogP contribution in [-0.4, -0.2) is 46.3 Å². The SMILES string of the molecule is Cc1cccc(C2(C(=O)N(C)C)CCCN2Cc2cccc(OCc3cccnc3)c2)n1. The highest BCUT2D eigenvalue weighted by Gasteiger charge is 2.50. The van der Waals surface area contributed by atoms with Gasteiger partial charge in [0.25, 0.3) is 0 Å². The molecule has 1 amide bonds. The second kappa shape index (κ2) is 9.49. The summed E-state index contributed by atoms with van der Waals surface area (Å²) in [7, 11) is 3.65. The molecule has 1 unspecified atom stereocenters. The van der Waals surface area contributed by atoms with E-state index in [1.807, 2.05) is 69.7 Å². The van der Waals surface area contributed by atoms with E-state index in [2.05, 4.69) is 22.0 Å². The molecule has 1 fully saturated rings. The average molecular weight is 431 g/mol. The first kappa shape index (κ1) is 22.0. The highest BCUT2D eigenvalue weighted by Crippen LogP contribution is 2.40. The Balaban J connectivity index is 1.59. The van der Waals surface area contributed by atoms with Crippen molar-refractivity contribution in [3.63, 3.8) is 0 Å². The van der Waals surface area contributed by atoms with Crippen molar-refractivity contribution in [2.45, 2.75) is 38.5 Å². The van der Waals surface area contributed by atoms with Gasteiger partial charge in [-0.2, -0.15) is 0 Å². The third-order valence-electron chi connectivity index (χ3n) is 5.98. The van der Waals surface area contributed by atoms with Crippen LogP contribution in [0, 0.1) is 6.92 Å². The predicted octanol–water partition coefficient (Wildman–Crippen LogP) is 3.94. The number of pyridine rings is 2. The molecule has 0 saturated carbocycles. The Hall–Kier alpha value is -3.25. The third-order valence-corrected chi connectivity index (χ3v) is 5.98. The van der Waals surface area contributed by atoms with Crippen LogP contribution >= 0.6 is 0 Å². The lowest BCUT2D eigenvalue weighted by atomic mass is 9.89. The Bertz CT molecular complexity index is 1070. The number of nitrogens with zero attached hydrogens (tertiary/aromatic N) is 4. The van der Waals surface area contributed by atoms with Gasteiger partial charge >= 0.3 is 0 Å². The fourth-order valence-corrected chi connectivity index (χ4v) is 4.48. The van der Waals surface area contributed by atoms with Crippen molar-refractivity contribution < 1.29 is 9.53 Å². The summed E-state index contributed by atoms with van der Waals surface area (Å²) in [5.41, 5.74) is 3.14. The van der Waals surface area contributed by atoms with Crippen LogP contribution < -0.4 is 4.74 Å². The summed E-state index contributed by atoms with van der Waals surface area (Å²) < 4.78 is 5.99. The molecule has 32 heavy (non-hydrogen) atoms. The van der Waals surface area contributed by atoms with Gasteiger partial charge in [-0.25, -0.2) is 0 Å². The number of rotatable bonds is 7. The second-order valence-electron chi connectivity index (χ2n) is 8.55. The molecule has 6 nitrogen and oxygen atoms in total. The maximum atomic E-state index is 13.5. The zero-order valence-electron chi connectivity index (χ0n) is 19.0. The van der Waals surface area contributed by atoms with Gasteiger partial charge in [0.2, 0.25) is 5.91 Å². The molecule has 0 N–H and O–H groups in total. The molecule has 3 aromatic rings. The van der Waals surface area contributed by atoms with E-state index in [-0.39, 0.29) is 5.91 Å². The number of ether oxygens (including phenoxy) is 1. The molecule has 2 aromatic heterocycles. The lowest BCUT2D eigenvalue weighted by Crippen LogP contribution is -2.52. The van der Waals surface area contributed by atoms with Crippen molar-refractivity contribution >= 4 is 5.91 Å². The van der Waals surface area contributed by atoms with Gasteiger partial charge in [-0.05, 0) is 62.2 Å². The van der Waals surface area contributed by atoms with E-state index >= 15 is 0 Å². The second-order valence-corrected chi connectivity index (χ2v) is 8.55. The quantitative estimate of drug-likeness (QED) is 0.568. The fourth-order valence-electron chi connectivity index (χ4n) is 4.48. The molecule has 3 heterocycles. The predicted molar refractivity (Wildman–Crippen MR) is 124 cm³/mol. The van der Waals surface area contributed by atoms with Gasteiger partial charge < -0.3 is 9.64 Å². The Morgan fingerprint density at radius 1 is 1.12 bits per heavy atom. The Kier molecular flexibility index (Phi) is 6.51. The summed E-state index contributed by atoms with van der Waals surface area (Å²) in [4.78, 5) is 26.4. The molecule has 0 radical (unpaired) electrons. The molecule has 1 aliphatic heterocycles. The largest absolute Gasteiger partial charge is 0.489 e. The van der Waals surface area contributed by atoms with Crippen molar-refractivity contribution in [3.8, 4) is 5.75 Å². The van der Waals surface area contributed by atoms with E-state index in [0.29, 0.717) is 13.2 Å². The van der Waals surface area contributed by atoms with E-state index in [0.717, 1.165) is 47.7 Å². The minimum absolute atomic E-state index is 0.0806. The van der Waals surface area contributed by atoms with Crippen molar-refractivity contribution in [2.75, 3.05) is 20.6 Å². The topological polar surface area (TPSA) is 58.6 Å². The molecule has 1 atom stereocenters. The molecule has 166 valence electrons. The molecule has 4 rings (SSSR count). The number of hydrogen-bond acceptors (Lipinski definition) is 5. The summed E-state index contributed by atoms with van der Waals surface area (Å²) in [6.07, 6.45) is 5.28. The first-order chi connectivity index (χ1) is 15.5. The molecule has 0 bridgehead atoms. The van der Waals surface area contributed by atoms with Crippen LogP contribution in [0.25, 0.3) is 0 Å². The fraction of sp³-hybridized carbons (Fsp3) is 0.346. The van der Waals surface area contributed by atoms with Gasteiger partial charge in [0, 0.05) is 44.3 Å². The van der Waals surface area contributed by atoms with Crippen molar-refractivity contribution in [2.24, 2.45) is 0 Å². The summed E-state index contributed by atoms with van der Waals surface area (Å²) in [6, 6.07) is 18.0. The average Bonchev–Trinajstić information content (AvgIpc) is 3.22. The van der Waals surface area contributed by atoms with Crippen LogP contribution in [0.4, 0.5) is 0 Å². The van der Waals surface area contributed by atoms with Crippen LogP contribution in [0.3, 0.4) is 0 Å². The van der Waals surface area contributed by atoms with Crippen LogP contribution in [0.15, 0.2) is 67.0 Å². The molecule has 1 saturated heterocycles. The minimum atomic E-state index is -0.748. The maximum Gasteiger partial charge on any atom is 0.248 e. The molecule has 6 heteroatoms. The number of likely N-dealkylation sites (N-methyl/N-ethyl adjacent to an activating group) is 1. The van der Waals surface area contributed by atoms with E-state index in [1.54, 1.807) is 11.1 Å². The van der Waals surface area contributed by atoms with Gasteiger partial charge in [-0.3, -0.25) is 19.7 Å². The van der Waals surface area contributed by atoms with Crippen molar-refractivity contribution in [3.05, 3.63) is 89.5 Å². The first-order valence-electron chi connectivity index (χ1n) is 11.0. The lowest BCUT2D eigenvalue weighted by molar-refractivity contribution is -0.141. The number of amides is 1. The molecule has 0 spiro atoms.